The van der Waals surface area contributed by atoms with Crippen LogP contribution in [-0.2, 0) is 19.8 Å². The summed E-state index contributed by atoms with van der Waals surface area (Å²) in [4.78, 5) is 3.94. The monoisotopic (exact) mass is 331 g/mol. The molecule has 4 rings (SSSR count). The zero-order valence-corrected chi connectivity index (χ0v) is 13.2. The summed E-state index contributed by atoms with van der Waals surface area (Å²) in [7, 11) is 0. The van der Waals surface area contributed by atoms with Gasteiger partial charge in [-0.1, -0.05) is 0 Å². The molecule has 2 aromatic heterocycles. The van der Waals surface area contributed by atoms with Crippen LogP contribution in [0.15, 0.2) is 18.5 Å². The lowest BCUT2D eigenvalue weighted by Gasteiger charge is -2.28. The van der Waals surface area contributed by atoms with E-state index in [1.807, 2.05) is 0 Å². The van der Waals surface area contributed by atoms with Gasteiger partial charge in [0, 0.05) is 0 Å². The molecule has 2 aromatic rings. The molecule has 9 nitrogen and oxygen atoms in total. The third kappa shape index (κ3) is 1.88. The van der Waals surface area contributed by atoms with E-state index in [9.17, 15) is 10.4 Å². The zero-order chi connectivity index (χ0) is 17.1. The van der Waals surface area contributed by atoms with Crippen molar-refractivity contribution in [3.63, 3.8) is 0 Å². The normalized spacial score (nSPS) is 34.3. The number of aliphatic hydroxyl groups excluding tert-OH is 1. The molecule has 0 aromatic carbocycles. The second kappa shape index (κ2) is 4.87. The Hall–Kier alpha value is -2.25. The average molecular weight is 331 g/mol. The summed E-state index contributed by atoms with van der Waals surface area (Å²) in [5.41, 5.74) is 5.41. The van der Waals surface area contributed by atoms with E-state index >= 15 is 0 Å². The van der Waals surface area contributed by atoms with Crippen molar-refractivity contribution < 1.29 is 19.3 Å². The standard InChI is InChI=1S/C15H17N5O4/c1-14(2)23-11-9(5-21)22-15(6-16,12(11)24-14)10-4-3-8-13(17)18-7-19-20(8)10/h3-4,7,9,11-12,21H,5H2,1-2H3,(H2,17,18,19)/t9-,11-,12-,15?/m1/s1. The lowest BCUT2D eigenvalue weighted by Crippen LogP contribution is -2.40. The Morgan fingerprint density at radius 3 is 2.88 bits per heavy atom. The van der Waals surface area contributed by atoms with Gasteiger partial charge in [0.25, 0.3) is 0 Å². The van der Waals surface area contributed by atoms with E-state index in [4.69, 9.17) is 19.9 Å². The number of hydrogen-bond donors (Lipinski definition) is 2. The first kappa shape index (κ1) is 15.3. The third-order valence-corrected chi connectivity index (χ3v) is 4.44. The number of nitrogens with two attached hydrogens (primary N) is 1. The molecule has 24 heavy (non-hydrogen) atoms. The Morgan fingerprint density at radius 1 is 1.38 bits per heavy atom. The molecule has 2 aliphatic rings. The molecule has 1 unspecified atom stereocenters. The van der Waals surface area contributed by atoms with Crippen molar-refractivity contribution in [2.45, 2.75) is 43.5 Å². The smallest absolute Gasteiger partial charge is 0.226 e. The molecule has 2 aliphatic heterocycles. The minimum absolute atomic E-state index is 0.287. The lowest BCUT2D eigenvalue weighted by atomic mass is 9.92. The summed E-state index contributed by atoms with van der Waals surface area (Å²) < 4.78 is 19.2. The van der Waals surface area contributed by atoms with Crippen LogP contribution in [0.1, 0.15) is 19.5 Å². The number of nitrogen functional groups attached to an aromatic ring is 1. The molecule has 0 radical (unpaired) electrons. The van der Waals surface area contributed by atoms with Gasteiger partial charge in [0.1, 0.15) is 36.2 Å². The molecule has 0 bridgehead atoms. The Morgan fingerprint density at radius 2 is 2.17 bits per heavy atom. The van der Waals surface area contributed by atoms with Crippen molar-refractivity contribution in [2.75, 3.05) is 12.3 Å². The number of nitriles is 1. The molecule has 2 saturated heterocycles. The number of hydrogen-bond acceptors (Lipinski definition) is 8. The van der Waals surface area contributed by atoms with Crippen molar-refractivity contribution in [3.8, 4) is 6.07 Å². The molecule has 9 heteroatoms. The largest absolute Gasteiger partial charge is 0.394 e. The van der Waals surface area contributed by atoms with Crippen molar-refractivity contribution in [1.82, 2.24) is 14.6 Å². The second-order valence-corrected chi connectivity index (χ2v) is 6.37. The molecule has 4 atom stereocenters. The highest BCUT2D eigenvalue weighted by atomic mass is 16.8. The number of ether oxygens (including phenoxy) is 3. The fraction of sp³-hybridized carbons (Fsp3) is 0.533. The Balaban J connectivity index is 1.90. The molecule has 126 valence electrons. The first-order valence-corrected chi connectivity index (χ1v) is 7.56. The lowest BCUT2D eigenvalue weighted by molar-refractivity contribution is -0.204. The van der Waals surface area contributed by atoms with Gasteiger partial charge in [0.15, 0.2) is 11.6 Å². The fourth-order valence-corrected chi connectivity index (χ4v) is 3.48. The SMILES string of the molecule is CC1(C)O[C@H]2[C@@H](O1)C(C#N)(c1ccc3c(N)ncnn13)O[C@@H]2CO. The van der Waals surface area contributed by atoms with Gasteiger partial charge < -0.3 is 25.1 Å². The van der Waals surface area contributed by atoms with E-state index in [1.165, 1.54) is 10.8 Å². The van der Waals surface area contributed by atoms with Gasteiger partial charge in [0.2, 0.25) is 5.60 Å². The highest BCUT2D eigenvalue weighted by Gasteiger charge is 2.65. The number of nitrogens with zero attached hydrogens (tertiary/aromatic N) is 4. The van der Waals surface area contributed by atoms with Crippen LogP contribution >= 0.6 is 0 Å². The van der Waals surface area contributed by atoms with Gasteiger partial charge in [-0.2, -0.15) is 10.4 Å². The van der Waals surface area contributed by atoms with Crippen LogP contribution in [0.2, 0.25) is 0 Å². The predicted molar refractivity (Wildman–Crippen MR) is 80.5 cm³/mol. The van der Waals surface area contributed by atoms with E-state index in [-0.39, 0.29) is 6.61 Å². The minimum Gasteiger partial charge on any atom is -0.394 e. The average Bonchev–Trinajstić information content (AvgIpc) is 3.18. The van der Waals surface area contributed by atoms with Crippen LogP contribution in [0.25, 0.3) is 5.52 Å². The molecule has 0 saturated carbocycles. The highest BCUT2D eigenvalue weighted by molar-refractivity contribution is 5.66. The molecule has 4 heterocycles. The zero-order valence-electron chi connectivity index (χ0n) is 13.2. The van der Waals surface area contributed by atoms with Crippen molar-refractivity contribution in [2.24, 2.45) is 0 Å². The first-order valence-electron chi connectivity index (χ1n) is 7.56. The van der Waals surface area contributed by atoms with Gasteiger partial charge in [-0.05, 0) is 26.0 Å². The van der Waals surface area contributed by atoms with Crippen LogP contribution in [0.5, 0.6) is 0 Å². The van der Waals surface area contributed by atoms with E-state index < -0.39 is 29.7 Å². The van der Waals surface area contributed by atoms with Crippen LogP contribution in [-0.4, -0.2) is 50.4 Å². The summed E-state index contributed by atoms with van der Waals surface area (Å²) in [5, 5.41) is 23.8. The van der Waals surface area contributed by atoms with Gasteiger partial charge in [-0.3, -0.25) is 0 Å². The summed E-state index contributed by atoms with van der Waals surface area (Å²) in [6, 6.07) is 5.63. The quantitative estimate of drug-likeness (QED) is 0.783. The summed E-state index contributed by atoms with van der Waals surface area (Å²) in [5.74, 6) is -0.586. The maximum atomic E-state index is 9.97. The number of fused-ring (bicyclic) bond motifs is 2. The van der Waals surface area contributed by atoms with E-state index in [1.54, 1.807) is 26.0 Å². The molecule has 0 amide bonds. The van der Waals surface area contributed by atoms with Crippen LogP contribution in [0.4, 0.5) is 5.82 Å². The molecular weight excluding hydrogens is 314 g/mol. The molecule has 0 spiro atoms. The maximum Gasteiger partial charge on any atom is 0.226 e. The molecule has 2 fully saturated rings. The van der Waals surface area contributed by atoms with E-state index in [0.29, 0.717) is 17.0 Å². The van der Waals surface area contributed by atoms with Gasteiger partial charge >= 0.3 is 0 Å². The Kier molecular flexibility index (Phi) is 3.10. The van der Waals surface area contributed by atoms with Gasteiger partial charge in [-0.15, -0.1) is 0 Å². The Labute approximate surface area is 137 Å². The Bertz CT molecular complexity index is 844. The molecule has 0 aliphatic carbocycles. The number of anilines is 1. The van der Waals surface area contributed by atoms with Crippen molar-refractivity contribution >= 4 is 11.3 Å². The number of rotatable bonds is 2. The van der Waals surface area contributed by atoms with Crippen LogP contribution in [0.3, 0.4) is 0 Å². The number of aliphatic hydroxyl groups is 1. The second-order valence-electron chi connectivity index (χ2n) is 6.37. The van der Waals surface area contributed by atoms with Gasteiger partial charge in [0.05, 0.1) is 12.3 Å². The van der Waals surface area contributed by atoms with Crippen LogP contribution in [0, 0.1) is 11.3 Å². The van der Waals surface area contributed by atoms with E-state index in [2.05, 4.69) is 16.2 Å². The highest BCUT2D eigenvalue weighted by Crippen LogP contribution is 2.49. The van der Waals surface area contributed by atoms with Crippen molar-refractivity contribution in [1.29, 1.82) is 5.26 Å². The third-order valence-electron chi connectivity index (χ3n) is 4.44. The molecule has 3 N–H and O–H groups in total. The van der Waals surface area contributed by atoms with E-state index in [0.717, 1.165) is 0 Å². The fourth-order valence-electron chi connectivity index (χ4n) is 3.48. The van der Waals surface area contributed by atoms with Gasteiger partial charge in [-0.25, -0.2) is 9.50 Å². The van der Waals surface area contributed by atoms with Crippen LogP contribution < -0.4 is 5.73 Å². The topological polar surface area (TPSA) is 128 Å². The number of aromatic nitrogens is 3. The first-order chi connectivity index (χ1) is 11.4. The van der Waals surface area contributed by atoms with Crippen molar-refractivity contribution in [3.05, 3.63) is 24.2 Å². The summed E-state index contributed by atoms with van der Waals surface area (Å²) in [6.45, 7) is 3.24. The summed E-state index contributed by atoms with van der Waals surface area (Å²) in [6.07, 6.45) is -0.637. The molecular formula is C15H17N5O4. The predicted octanol–water partition coefficient (Wildman–Crippen LogP) is -0.0584. The maximum absolute atomic E-state index is 9.97. The minimum atomic E-state index is -1.47. The summed E-state index contributed by atoms with van der Waals surface area (Å²) >= 11 is 0.